The van der Waals surface area contributed by atoms with E-state index >= 15 is 0 Å². The number of alkyl halides is 3. The lowest BCUT2D eigenvalue weighted by Gasteiger charge is -2.21. The quantitative estimate of drug-likeness (QED) is 0.326. The van der Waals surface area contributed by atoms with Gasteiger partial charge in [0.05, 0.1) is 29.1 Å². The Labute approximate surface area is 198 Å². The van der Waals surface area contributed by atoms with Gasteiger partial charge in [-0.3, -0.25) is 0 Å². The van der Waals surface area contributed by atoms with Crippen molar-refractivity contribution in [1.82, 2.24) is 9.97 Å². The van der Waals surface area contributed by atoms with Crippen molar-refractivity contribution < 1.29 is 23.0 Å². The number of aromatic nitrogens is 2. The van der Waals surface area contributed by atoms with Gasteiger partial charge in [0, 0.05) is 16.7 Å². The molecular weight excluding hydrogens is 480 g/mol. The molecule has 33 heavy (non-hydrogen) atoms. The van der Waals surface area contributed by atoms with Crippen LogP contribution in [0.3, 0.4) is 0 Å². The van der Waals surface area contributed by atoms with Gasteiger partial charge in [-0.25, -0.2) is 4.98 Å². The molecule has 2 aromatic carbocycles. The molecule has 0 unspecified atom stereocenters. The molecule has 176 valence electrons. The lowest BCUT2D eigenvalue weighted by Crippen LogP contribution is -2.30. The number of aliphatic hydroxyl groups is 1. The van der Waals surface area contributed by atoms with Crippen LogP contribution in [-0.4, -0.2) is 34.1 Å². The van der Waals surface area contributed by atoms with E-state index in [2.05, 4.69) is 25.3 Å². The summed E-state index contributed by atoms with van der Waals surface area (Å²) >= 11 is 12.2. The standard InChI is InChI=1S/C22H21Cl2F3N4O2/c1-12(2)19(11-32)30-21-29-18(13-4-3-5-15(8-13)33-22(25,26)27)10-20(31-21)28-17-7-6-14(23)9-16(17)24/h3-10,12,19,32H,11H2,1-2H3,(H2,28,29,30,31)/t19-/m0/s1. The summed E-state index contributed by atoms with van der Waals surface area (Å²) in [4.78, 5) is 8.85. The van der Waals surface area contributed by atoms with Crippen molar-refractivity contribution in [3.05, 3.63) is 58.6 Å². The first-order valence-electron chi connectivity index (χ1n) is 9.89. The fourth-order valence-corrected chi connectivity index (χ4v) is 3.35. The Bertz CT molecular complexity index is 1110. The Morgan fingerprint density at radius 1 is 1.06 bits per heavy atom. The van der Waals surface area contributed by atoms with Crippen LogP contribution >= 0.6 is 23.2 Å². The monoisotopic (exact) mass is 500 g/mol. The Morgan fingerprint density at radius 2 is 1.82 bits per heavy atom. The maximum Gasteiger partial charge on any atom is 0.573 e. The van der Waals surface area contributed by atoms with Crippen LogP contribution in [0.5, 0.6) is 5.75 Å². The van der Waals surface area contributed by atoms with Crippen LogP contribution in [0.1, 0.15) is 13.8 Å². The van der Waals surface area contributed by atoms with Gasteiger partial charge in [0.1, 0.15) is 11.6 Å². The summed E-state index contributed by atoms with van der Waals surface area (Å²) in [5.74, 6) is 0.191. The van der Waals surface area contributed by atoms with Gasteiger partial charge in [0.15, 0.2) is 0 Å². The topological polar surface area (TPSA) is 79.3 Å². The first-order valence-corrected chi connectivity index (χ1v) is 10.6. The Hall–Kier alpha value is -2.75. The first kappa shape index (κ1) is 24.9. The fourth-order valence-electron chi connectivity index (χ4n) is 2.89. The third kappa shape index (κ3) is 7.12. The van der Waals surface area contributed by atoms with Crippen LogP contribution < -0.4 is 15.4 Å². The van der Waals surface area contributed by atoms with E-state index in [1.807, 2.05) is 13.8 Å². The summed E-state index contributed by atoms with van der Waals surface area (Å²) in [5.41, 5.74) is 1.22. The van der Waals surface area contributed by atoms with Crippen molar-refractivity contribution in [3.63, 3.8) is 0 Å². The maximum atomic E-state index is 12.7. The Kier molecular flexibility index (Phi) is 7.88. The number of ether oxygens (including phenoxy) is 1. The SMILES string of the molecule is CC(C)[C@H](CO)Nc1nc(Nc2ccc(Cl)cc2Cl)cc(-c2cccc(OC(F)(F)F)c2)n1. The number of rotatable bonds is 8. The molecule has 0 aliphatic heterocycles. The van der Waals surface area contributed by atoms with Crippen molar-refractivity contribution in [1.29, 1.82) is 0 Å². The molecule has 0 saturated heterocycles. The minimum absolute atomic E-state index is 0.0629. The largest absolute Gasteiger partial charge is 0.573 e. The average molecular weight is 501 g/mol. The van der Waals surface area contributed by atoms with Gasteiger partial charge >= 0.3 is 6.36 Å². The maximum absolute atomic E-state index is 12.7. The Balaban J connectivity index is 2.02. The van der Waals surface area contributed by atoms with Gasteiger partial charge in [-0.15, -0.1) is 13.2 Å². The highest BCUT2D eigenvalue weighted by Crippen LogP contribution is 2.31. The van der Waals surface area contributed by atoms with Crippen molar-refractivity contribution in [2.75, 3.05) is 17.2 Å². The average Bonchev–Trinajstić information content (AvgIpc) is 2.72. The lowest BCUT2D eigenvalue weighted by atomic mass is 10.1. The van der Waals surface area contributed by atoms with E-state index in [1.165, 1.54) is 18.2 Å². The zero-order valence-corrected chi connectivity index (χ0v) is 19.1. The number of hydrogen-bond acceptors (Lipinski definition) is 6. The molecule has 0 aliphatic carbocycles. The molecule has 0 aliphatic rings. The molecule has 1 aromatic heterocycles. The van der Waals surface area contributed by atoms with E-state index in [4.69, 9.17) is 23.2 Å². The van der Waals surface area contributed by atoms with E-state index in [-0.39, 0.29) is 30.3 Å². The predicted molar refractivity (Wildman–Crippen MR) is 123 cm³/mol. The number of nitrogens with zero attached hydrogens (tertiary/aromatic N) is 2. The van der Waals surface area contributed by atoms with Crippen molar-refractivity contribution >= 4 is 40.7 Å². The second-order valence-electron chi connectivity index (χ2n) is 7.46. The highest BCUT2D eigenvalue weighted by molar-refractivity contribution is 6.36. The summed E-state index contributed by atoms with van der Waals surface area (Å²) in [6.07, 6.45) is -4.82. The molecule has 3 rings (SSSR count). The summed E-state index contributed by atoms with van der Waals surface area (Å²) in [6.45, 7) is 3.68. The van der Waals surface area contributed by atoms with Gasteiger partial charge in [-0.05, 0) is 36.2 Å². The second kappa shape index (κ2) is 10.5. The zero-order chi connectivity index (χ0) is 24.2. The number of benzene rings is 2. The summed E-state index contributed by atoms with van der Waals surface area (Å²) in [6, 6.07) is 11.6. The highest BCUT2D eigenvalue weighted by atomic mass is 35.5. The minimum Gasteiger partial charge on any atom is -0.406 e. The van der Waals surface area contributed by atoms with E-state index in [1.54, 1.807) is 30.3 Å². The molecule has 1 heterocycles. The van der Waals surface area contributed by atoms with Crippen LogP contribution in [0.4, 0.5) is 30.6 Å². The highest BCUT2D eigenvalue weighted by Gasteiger charge is 2.31. The van der Waals surface area contributed by atoms with Crippen molar-refractivity contribution in [2.24, 2.45) is 5.92 Å². The van der Waals surface area contributed by atoms with Gasteiger partial charge in [0.2, 0.25) is 5.95 Å². The van der Waals surface area contributed by atoms with Gasteiger partial charge in [0.25, 0.3) is 0 Å². The van der Waals surface area contributed by atoms with Gasteiger partial charge in [-0.1, -0.05) is 49.2 Å². The van der Waals surface area contributed by atoms with Crippen LogP contribution in [0, 0.1) is 5.92 Å². The third-order valence-electron chi connectivity index (χ3n) is 4.60. The van der Waals surface area contributed by atoms with Crippen LogP contribution in [-0.2, 0) is 0 Å². The van der Waals surface area contributed by atoms with Crippen LogP contribution in [0.15, 0.2) is 48.5 Å². The fraction of sp³-hybridized carbons (Fsp3) is 0.273. The normalized spacial score (nSPS) is 12.5. The first-order chi connectivity index (χ1) is 15.5. The molecule has 0 saturated carbocycles. The molecule has 11 heteroatoms. The number of anilines is 3. The zero-order valence-electron chi connectivity index (χ0n) is 17.6. The molecule has 0 fully saturated rings. The lowest BCUT2D eigenvalue weighted by molar-refractivity contribution is -0.274. The molecule has 0 radical (unpaired) electrons. The molecule has 1 atom stereocenters. The molecule has 3 aromatic rings. The molecule has 0 spiro atoms. The van der Waals surface area contributed by atoms with E-state index in [0.29, 0.717) is 32.8 Å². The van der Waals surface area contributed by atoms with Crippen LogP contribution in [0.25, 0.3) is 11.3 Å². The second-order valence-corrected chi connectivity index (χ2v) is 8.31. The molecule has 0 bridgehead atoms. The smallest absolute Gasteiger partial charge is 0.406 e. The third-order valence-corrected chi connectivity index (χ3v) is 5.15. The van der Waals surface area contributed by atoms with Crippen LogP contribution in [0.2, 0.25) is 10.0 Å². The number of nitrogens with one attached hydrogen (secondary N) is 2. The molecule has 6 nitrogen and oxygen atoms in total. The number of aliphatic hydroxyl groups excluding tert-OH is 1. The van der Waals surface area contributed by atoms with Gasteiger partial charge < -0.3 is 20.5 Å². The molecular formula is C22H21Cl2F3N4O2. The Morgan fingerprint density at radius 3 is 2.45 bits per heavy atom. The van der Waals surface area contributed by atoms with Crippen molar-refractivity contribution in [3.8, 4) is 17.0 Å². The molecule has 3 N–H and O–H groups in total. The predicted octanol–water partition coefficient (Wildman–Crippen LogP) is 6.52. The molecule has 0 amide bonds. The summed E-state index contributed by atoms with van der Waals surface area (Å²) < 4.78 is 42.0. The minimum atomic E-state index is -4.82. The summed E-state index contributed by atoms with van der Waals surface area (Å²) in [5, 5.41) is 16.6. The van der Waals surface area contributed by atoms with E-state index < -0.39 is 6.36 Å². The van der Waals surface area contributed by atoms with E-state index in [0.717, 1.165) is 0 Å². The van der Waals surface area contributed by atoms with E-state index in [9.17, 15) is 18.3 Å². The number of hydrogen-bond donors (Lipinski definition) is 3. The van der Waals surface area contributed by atoms with Crippen molar-refractivity contribution in [2.45, 2.75) is 26.3 Å². The summed E-state index contributed by atoms with van der Waals surface area (Å²) in [7, 11) is 0. The number of halogens is 5. The van der Waals surface area contributed by atoms with Gasteiger partial charge in [-0.2, -0.15) is 4.98 Å².